The van der Waals surface area contributed by atoms with Crippen LogP contribution in [0.2, 0.25) is 0 Å². The molecule has 4 nitrogen and oxygen atoms in total. The zero-order valence-electron chi connectivity index (χ0n) is 13.3. The van der Waals surface area contributed by atoms with Gasteiger partial charge >= 0.3 is 0 Å². The molecule has 0 radical (unpaired) electrons. The van der Waals surface area contributed by atoms with Crippen LogP contribution in [0, 0.1) is 17.2 Å². The minimum atomic E-state index is -0.535. The van der Waals surface area contributed by atoms with Gasteiger partial charge in [-0.15, -0.1) is 0 Å². The molecule has 1 N–H and O–H groups in total. The van der Waals surface area contributed by atoms with E-state index in [9.17, 15) is 5.26 Å². The smallest absolute Gasteiger partial charge is 0.106 e. The lowest BCUT2D eigenvalue weighted by molar-refractivity contribution is -0.00299. The molecule has 19 heavy (non-hydrogen) atoms. The molecule has 0 saturated heterocycles. The molecule has 0 saturated carbocycles. The average molecular weight is 270 g/mol. The van der Waals surface area contributed by atoms with Crippen molar-refractivity contribution < 1.29 is 9.47 Å². The molecular weight excluding hydrogens is 240 g/mol. The van der Waals surface area contributed by atoms with E-state index in [0.29, 0.717) is 25.6 Å². The van der Waals surface area contributed by atoms with E-state index in [4.69, 9.17) is 9.47 Å². The molecule has 0 aromatic carbocycles. The zero-order valence-corrected chi connectivity index (χ0v) is 13.3. The Balaban J connectivity index is 3.89. The van der Waals surface area contributed by atoms with Crippen LogP contribution in [0.3, 0.4) is 0 Å². The second kappa shape index (κ2) is 9.30. The molecule has 4 heteroatoms. The predicted molar refractivity (Wildman–Crippen MR) is 78.0 cm³/mol. The fourth-order valence-electron chi connectivity index (χ4n) is 2.04. The Morgan fingerprint density at radius 2 is 1.79 bits per heavy atom. The number of nitriles is 1. The van der Waals surface area contributed by atoms with Crippen molar-refractivity contribution in [3.8, 4) is 6.07 Å². The number of hydrogen-bond donors (Lipinski definition) is 1. The molecule has 0 fully saturated rings. The van der Waals surface area contributed by atoms with Gasteiger partial charge in [-0.05, 0) is 33.6 Å². The Labute approximate surface area is 118 Å². The summed E-state index contributed by atoms with van der Waals surface area (Å²) < 4.78 is 11.1. The highest BCUT2D eigenvalue weighted by Crippen LogP contribution is 2.14. The molecule has 2 unspecified atom stereocenters. The highest BCUT2D eigenvalue weighted by Gasteiger charge is 2.27. The van der Waals surface area contributed by atoms with E-state index >= 15 is 0 Å². The van der Waals surface area contributed by atoms with Crippen LogP contribution in [-0.2, 0) is 9.47 Å². The van der Waals surface area contributed by atoms with Crippen LogP contribution in [0.4, 0.5) is 0 Å². The molecular formula is C15H30N2O2. The van der Waals surface area contributed by atoms with Crippen molar-refractivity contribution in [3.63, 3.8) is 0 Å². The third-order valence-electron chi connectivity index (χ3n) is 2.63. The number of ether oxygens (including phenoxy) is 2. The minimum Gasteiger partial charge on any atom is -0.379 e. The van der Waals surface area contributed by atoms with E-state index < -0.39 is 5.54 Å². The number of nitrogens with one attached hydrogen (secondary N) is 1. The first kappa shape index (κ1) is 18.4. The van der Waals surface area contributed by atoms with Gasteiger partial charge in [0.25, 0.3) is 0 Å². The van der Waals surface area contributed by atoms with Gasteiger partial charge in [0, 0.05) is 19.1 Å². The molecule has 0 aliphatic rings. The molecule has 0 heterocycles. The van der Waals surface area contributed by atoms with Gasteiger partial charge in [-0.3, -0.25) is 5.32 Å². The molecule has 0 rings (SSSR count). The van der Waals surface area contributed by atoms with Crippen molar-refractivity contribution in [2.75, 3.05) is 19.8 Å². The highest BCUT2D eigenvalue weighted by molar-refractivity contribution is 5.05. The van der Waals surface area contributed by atoms with E-state index in [-0.39, 0.29) is 12.1 Å². The Bertz CT molecular complexity index is 274. The Morgan fingerprint density at radius 1 is 1.16 bits per heavy atom. The van der Waals surface area contributed by atoms with E-state index in [1.165, 1.54) is 0 Å². The molecule has 0 aromatic rings. The first-order valence-electron chi connectivity index (χ1n) is 7.17. The third kappa shape index (κ3) is 9.89. The zero-order chi connectivity index (χ0) is 14.9. The molecule has 0 aromatic heterocycles. The van der Waals surface area contributed by atoms with Crippen LogP contribution < -0.4 is 5.32 Å². The van der Waals surface area contributed by atoms with Crippen molar-refractivity contribution in [2.24, 2.45) is 5.92 Å². The van der Waals surface area contributed by atoms with Crippen molar-refractivity contribution in [1.29, 1.82) is 5.26 Å². The lowest BCUT2D eigenvalue weighted by Crippen LogP contribution is -2.47. The van der Waals surface area contributed by atoms with Crippen LogP contribution in [-0.4, -0.2) is 37.5 Å². The molecule has 2 atom stereocenters. The number of hydrogen-bond acceptors (Lipinski definition) is 4. The van der Waals surface area contributed by atoms with Crippen molar-refractivity contribution in [3.05, 3.63) is 0 Å². The summed E-state index contributed by atoms with van der Waals surface area (Å²) in [6, 6.07) is 2.62. The lowest BCUT2D eigenvalue weighted by Gasteiger charge is -2.28. The van der Waals surface area contributed by atoms with Gasteiger partial charge in [-0.25, -0.2) is 0 Å². The van der Waals surface area contributed by atoms with Crippen molar-refractivity contribution in [2.45, 2.75) is 65.6 Å². The summed E-state index contributed by atoms with van der Waals surface area (Å²) in [6.07, 6.45) is 0.713. The van der Waals surface area contributed by atoms with Gasteiger partial charge < -0.3 is 9.47 Å². The van der Waals surface area contributed by atoms with Crippen molar-refractivity contribution >= 4 is 0 Å². The van der Waals surface area contributed by atoms with Gasteiger partial charge in [-0.2, -0.15) is 5.26 Å². The quantitative estimate of drug-likeness (QED) is 0.620. The molecule has 0 aliphatic carbocycles. The maximum Gasteiger partial charge on any atom is 0.106 e. The summed E-state index contributed by atoms with van der Waals surface area (Å²) in [5.41, 5.74) is -0.535. The minimum absolute atomic E-state index is 0.0403. The molecule has 0 aliphatic heterocycles. The topological polar surface area (TPSA) is 54.3 Å². The van der Waals surface area contributed by atoms with Crippen LogP contribution in [0.5, 0.6) is 0 Å². The summed E-state index contributed by atoms with van der Waals surface area (Å²) in [4.78, 5) is 0. The van der Waals surface area contributed by atoms with E-state index in [2.05, 4.69) is 25.2 Å². The second-order valence-electron chi connectivity index (χ2n) is 6.10. The van der Waals surface area contributed by atoms with E-state index in [1.807, 2.05) is 27.7 Å². The van der Waals surface area contributed by atoms with Crippen LogP contribution in [0.25, 0.3) is 0 Å². The fraction of sp³-hybridized carbons (Fsp3) is 0.933. The Kier molecular flexibility index (Phi) is 8.99. The van der Waals surface area contributed by atoms with Gasteiger partial charge in [0.15, 0.2) is 0 Å². The fourth-order valence-corrected chi connectivity index (χ4v) is 2.04. The third-order valence-corrected chi connectivity index (χ3v) is 2.63. The first-order valence-corrected chi connectivity index (χ1v) is 7.17. The van der Waals surface area contributed by atoms with E-state index in [1.54, 1.807) is 0 Å². The predicted octanol–water partition coefficient (Wildman–Crippen LogP) is 2.73. The second-order valence-corrected chi connectivity index (χ2v) is 6.10. The molecule has 0 spiro atoms. The van der Waals surface area contributed by atoms with Gasteiger partial charge in [0.1, 0.15) is 5.54 Å². The normalized spacial score (nSPS) is 16.4. The maximum atomic E-state index is 9.26. The average Bonchev–Trinajstić information content (AvgIpc) is 2.26. The van der Waals surface area contributed by atoms with Crippen LogP contribution >= 0.6 is 0 Å². The van der Waals surface area contributed by atoms with Crippen molar-refractivity contribution in [1.82, 2.24) is 5.32 Å². The Hall–Kier alpha value is -0.630. The highest BCUT2D eigenvalue weighted by atomic mass is 16.5. The van der Waals surface area contributed by atoms with Gasteiger partial charge in [0.05, 0.1) is 25.4 Å². The Morgan fingerprint density at radius 3 is 2.26 bits per heavy atom. The molecule has 0 amide bonds. The van der Waals surface area contributed by atoms with Gasteiger partial charge in [0.2, 0.25) is 0 Å². The number of nitrogens with zero attached hydrogens (tertiary/aromatic N) is 1. The molecule has 0 bridgehead atoms. The van der Waals surface area contributed by atoms with Gasteiger partial charge in [-0.1, -0.05) is 13.8 Å². The summed E-state index contributed by atoms with van der Waals surface area (Å²) in [7, 11) is 0. The molecule has 112 valence electrons. The summed E-state index contributed by atoms with van der Waals surface area (Å²) in [5, 5.41) is 12.5. The van der Waals surface area contributed by atoms with Crippen LogP contribution in [0.15, 0.2) is 0 Å². The standard InChI is InChI=1S/C15H30N2O2/c1-12(2)10-18-7-8-19-14(5)9-15(6,11-16)17-13(3)4/h12-14,17H,7-10H2,1-6H3. The summed E-state index contributed by atoms with van der Waals surface area (Å²) in [6.45, 7) is 14.2. The summed E-state index contributed by atoms with van der Waals surface area (Å²) >= 11 is 0. The first-order chi connectivity index (χ1) is 8.79. The number of rotatable bonds is 10. The SMILES string of the molecule is CC(C)COCCOC(C)CC(C)(C#N)NC(C)C. The summed E-state index contributed by atoms with van der Waals surface area (Å²) in [5.74, 6) is 0.551. The largest absolute Gasteiger partial charge is 0.379 e. The lowest BCUT2D eigenvalue weighted by atomic mass is 9.95. The monoisotopic (exact) mass is 270 g/mol. The van der Waals surface area contributed by atoms with E-state index in [0.717, 1.165) is 6.61 Å². The maximum absolute atomic E-state index is 9.26. The van der Waals surface area contributed by atoms with Crippen LogP contribution in [0.1, 0.15) is 48.0 Å².